The topological polar surface area (TPSA) is 33.3 Å². The highest BCUT2D eigenvalue weighted by Gasteiger charge is 1.99. The predicted molar refractivity (Wildman–Crippen MR) is 83.0 cm³/mol. The van der Waals surface area contributed by atoms with Crippen LogP contribution in [0.25, 0.3) is 0 Å². The maximum Gasteiger partial charge on any atom is 0.170 e. The fourth-order valence-electron chi connectivity index (χ4n) is 1.54. The molecule has 2 aromatic rings. The van der Waals surface area contributed by atoms with Gasteiger partial charge < -0.3 is 15.4 Å². The van der Waals surface area contributed by atoms with Gasteiger partial charge in [0.15, 0.2) is 5.11 Å². The summed E-state index contributed by atoms with van der Waals surface area (Å²) in [5.74, 6) is 1.63. The number of rotatable bonds is 3. The van der Waals surface area contributed by atoms with Crippen LogP contribution < -0.4 is 15.4 Å². The first-order chi connectivity index (χ1) is 9.17. The molecule has 0 aliphatic heterocycles. The molecule has 98 valence electrons. The highest BCUT2D eigenvalue weighted by molar-refractivity contribution is 7.80. The second kappa shape index (κ2) is 6.20. The molecular weight excluding hydrogens is 256 g/mol. The Morgan fingerprint density at radius 1 is 0.947 bits per heavy atom. The Bertz CT molecular complexity index is 549. The molecular formula is C15H16N2OS. The van der Waals surface area contributed by atoms with Crippen LogP contribution in [0.2, 0.25) is 0 Å². The first kappa shape index (κ1) is 13.4. The molecule has 0 amide bonds. The lowest BCUT2D eigenvalue weighted by Gasteiger charge is -2.09. The second-order valence-corrected chi connectivity index (χ2v) is 4.55. The molecule has 0 fully saturated rings. The van der Waals surface area contributed by atoms with Gasteiger partial charge in [0, 0.05) is 12.7 Å². The monoisotopic (exact) mass is 272 g/mol. The van der Waals surface area contributed by atoms with Crippen molar-refractivity contribution < 1.29 is 4.74 Å². The zero-order valence-corrected chi connectivity index (χ0v) is 11.8. The first-order valence-corrected chi connectivity index (χ1v) is 6.41. The maximum absolute atomic E-state index is 5.74. The molecule has 0 spiro atoms. The zero-order valence-electron chi connectivity index (χ0n) is 10.9. The number of ether oxygens (including phenoxy) is 1. The number of anilines is 1. The lowest BCUT2D eigenvalue weighted by Crippen LogP contribution is -2.23. The summed E-state index contributed by atoms with van der Waals surface area (Å²) in [6, 6.07) is 15.6. The average molecular weight is 272 g/mol. The molecule has 0 aliphatic carbocycles. The summed E-state index contributed by atoms with van der Waals surface area (Å²) < 4.78 is 5.74. The van der Waals surface area contributed by atoms with Crippen LogP contribution in [0.3, 0.4) is 0 Å². The van der Waals surface area contributed by atoms with Crippen LogP contribution in [0.5, 0.6) is 11.5 Å². The molecule has 2 N–H and O–H groups in total. The Hall–Kier alpha value is -2.07. The van der Waals surface area contributed by atoms with E-state index in [9.17, 15) is 0 Å². The Kier molecular flexibility index (Phi) is 4.36. The molecule has 0 aromatic heterocycles. The number of nitrogens with one attached hydrogen (secondary N) is 2. The van der Waals surface area contributed by atoms with Gasteiger partial charge >= 0.3 is 0 Å². The summed E-state index contributed by atoms with van der Waals surface area (Å²) in [5.41, 5.74) is 2.14. The van der Waals surface area contributed by atoms with Gasteiger partial charge in [0.25, 0.3) is 0 Å². The normalized spacial score (nSPS) is 9.79. The quantitative estimate of drug-likeness (QED) is 0.835. The van der Waals surface area contributed by atoms with Gasteiger partial charge in [0.05, 0.1) is 0 Å². The molecule has 19 heavy (non-hydrogen) atoms. The van der Waals surface area contributed by atoms with E-state index in [1.165, 1.54) is 5.56 Å². The smallest absolute Gasteiger partial charge is 0.170 e. The van der Waals surface area contributed by atoms with Crippen molar-refractivity contribution in [3.8, 4) is 11.5 Å². The fraction of sp³-hybridized carbons (Fsp3) is 0.133. The van der Waals surface area contributed by atoms with Gasteiger partial charge in [-0.2, -0.15) is 0 Å². The van der Waals surface area contributed by atoms with Crippen molar-refractivity contribution in [2.24, 2.45) is 0 Å². The van der Waals surface area contributed by atoms with Crippen LogP contribution in [-0.4, -0.2) is 12.2 Å². The second-order valence-electron chi connectivity index (χ2n) is 4.14. The minimum Gasteiger partial charge on any atom is -0.457 e. The van der Waals surface area contributed by atoms with Gasteiger partial charge in [0.1, 0.15) is 11.5 Å². The molecule has 0 bridgehead atoms. The van der Waals surface area contributed by atoms with Crippen LogP contribution in [0.4, 0.5) is 5.69 Å². The van der Waals surface area contributed by atoms with Crippen LogP contribution >= 0.6 is 12.2 Å². The molecule has 0 saturated heterocycles. The van der Waals surface area contributed by atoms with Gasteiger partial charge in [-0.3, -0.25) is 0 Å². The van der Waals surface area contributed by atoms with Gasteiger partial charge in [-0.25, -0.2) is 0 Å². The lowest BCUT2D eigenvalue weighted by molar-refractivity contribution is 0.482. The number of aryl methyl sites for hydroxylation is 1. The minimum atomic E-state index is 0.590. The van der Waals surface area contributed by atoms with Gasteiger partial charge in [-0.1, -0.05) is 17.7 Å². The summed E-state index contributed by atoms with van der Waals surface area (Å²) in [6.07, 6.45) is 0. The van der Waals surface area contributed by atoms with E-state index in [0.717, 1.165) is 17.2 Å². The highest BCUT2D eigenvalue weighted by atomic mass is 32.1. The molecule has 2 rings (SSSR count). The van der Waals surface area contributed by atoms with Crippen molar-refractivity contribution in [3.63, 3.8) is 0 Å². The molecule has 0 aliphatic rings. The first-order valence-electron chi connectivity index (χ1n) is 6.01. The summed E-state index contributed by atoms with van der Waals surface area (Å²) >= 11 is 5.03. The molecule has 0 heterocycles. The lowest BCUT2D eigenvalue weighted by atomic mass is 10.2. The molecule has 2 aromatic carbocycles. The Morgan fingerprint density at radius 3 is 2.00 bits per heavy atom. The van der Waals surface area contributed by atoms with E-state index in [0.29, 0.717) is 5.11 Å². The summed E-state index contributed by atoms with van der Waals surface area (Å²) in [5, 5.41) is 6.51. The van der Waals surface area contributed by atoms with E-state index in [4.69, 9.17) is 17.0 Å². The van der Waals surface area contributed by atoms with Crippen LogP contribution in [0.1, 0.15) is 5.56 Å². The number of hydrogen-bond donors (Lipinski definition) is 2. The SMILES string of the molecule is CNC(=S)Nc1ccc(Oc2ccc(C)cc2)cc1. The van der Waals surface area contributed by atoms with Crippen molar-refractivity contribution in [3.05, 3.63) is 54.1 Å². The Balaban J connectivity index is 2.02. The van der Waals surface area contributed by atoms with E-state index in [1.807, 2.05) is 48.5 Å². The number of thiocarbonyl (C=S) groups is 1. The Morgan fingerprint density at radius 2 is 1.47 bits per heavy atom. The van der Waals surface area contributed by atoms with E-state index in [1.54, 1.807) is 7.05 Å². The van der Waals surface area contributed by atoms with Crippen molar-refractivity contribution in [1.82, 2.24) is 5.32 Å². The van der Waals surface area contributed by atoms with Crippen molar-refractivity contribution >= 4 is 23.0 Å². The number of benzene rings is 2. The summed E-state index contributed by atoms with van der Waals surface area (Å²) in [6.45, 7) is 2.05. The Labute approximate surface area is 118 Å². The van der Waals surface area contributed by atoms with Crippen molar-refractivity contribution in [2.75, 3.05) is 12.4 Å². The highest BCUT2D eigenvalue weighted by Crippen LogP contribution is 2.23. The number of hydrogen-bond acceptors (Lipinski definition) is 2. The summed E-state index contributed by atoms with van der Waals surface area (Å²) in [4.78, 5) is 0. The standard InChI is InChI=1S/C15H16N2OS/c1-11-3-7-13(8-4-11)18-14-9-5-12(6-10-14)17-15(19)16-2/h3-10H,1-2H3,(H2,16,17,19). The van der Waals surface area contributed by atoms with E-state index < -0.39 is 0 Å². The van der Waals surface area contributed by atoms with Crippen LogP contribution in [0, 0.1) is 6.92 Å². The maximum atomic E-state index is 5.74. The van der Waals surface area contributed by atoms with Crippen LogP contribution in [-0.2, 0) is 0 Å². The molecule has 3 nitrogen and oxygen atoms in total. The summed E-state index contributed by atoms with van der Waals surface area (Å²) in [7, 11) is 1.78. The largest absolute Gasteiger partial charge is 0.457 e. The third-order valence-electron chi connectivity index (χ3n) is 2.60. The van der Waals surface area contributed by atoms with E-state index in [2.05, 4.69) is 17.6 Å². The zero-order chi connectivity index (χ0) is 13.7. The fourth-order valence-corrected chi connectivity index (χ4v) is 1.66. The average Bonchev–Trinajstić information content (AvgIpc) is 2.43. The van der Waals surface area contributed by atoms with Crippen molar-refractivity contribution in [2.45, 2.75) is 6.92 Å². The van der Waals surface area contributed by atoms with Gasteiger partial charge in [0.2, 0.25) is 0 Å². The third kappa shape index (κ3) is 3.96. The van der Waals surface area contributed by atoms with Crippen LogP contribution in [0.15, 0.2) is 48.5 Å². The molecule has 4 heteroatoms. The van der Waals surface area contributed by atoms with Gasteiger partial charge in [-0.05, 0) is 55.5 Å². The van der Waals surface area contributed by atoms with Crippen molar-refractivity contribution in [1.29, 1.82) is 0 Å². The molecule has 0 saturated carbocycles. The predicted octanol–water partition coefficient (Wildman–Crippen LogP) is 3.70. The van der Waals surface area contributed by atoms with Gasteiger partial charge in [-0.15, -0.1) is 0 Å². The minimum absolute atomic E-state index is 0.590. The van der Waals surface area contributed by atoms with E-state index in [-0.39, 0.29) is 0 Å². The van der Waals surface area contributed by atoms with E-state index >= 15 is 0 Å². The molecule has 0 unspecified atom stereocenters. The molecule has 0 radical (unpaired) electrons. The molecule has 0 atom stereocenters. The third-order valence-corrected chi connectivity index (χ3v) is 2.90.